The van der Waals surface area contributed by atoms with Gasteiger partial charge in [0.2, 0.25) is 5.91 Å². The molecule has 9 nitrogen and oxygen atoms in total. The third kappa shape index (κ3) is 3.68. The Morgan fingerprint density at radius 2 is 1.96 bits per heavy atom. The lowest BCUT2D eigenvalue weighted by atomic mass is 10.1. The van der Waals surface area contributed by atoms with Gasteiger partial charge < -0.3 is 5.32 Å². The Kier molecular flexibility index (Phi) is 4.48. The fourth-order valence-electron chi connectivity index (χ4n) is 2.73. The molecule has 1 fully saturated rings. The summed E-state index contributed by atoms with van der Waals surface area (Å²) in [7, 11) is 0. The smallest absolute Gasteiger partial charge is 0.288 e. The molecule has 0 atom stereocenters. The fourth-order valence-corrected chi connectivity index (χ4v) is 2.73. The number of amides is 1. The van der Waals surface area contributed by atoms with Crippen LogP contribution in [0.1, 0.15) is 18.5 Å². The molecule has 3 aromatic heterocycles. The average molecular weight is 376 g/mol. The minimum Gasteiger partial charge on any atom is -0.310 e. The maximum atomic E-state index is 11.9. The van der Waals surface area contributed by atoms with Crippen LogP contribution in [0.5, 0.6) is 0 Å². The van der Waals surface area contributed by atoms with Gasteiger partial charge in [-0.15, -0.1) is 0 Å². The molecule has 9 heteroatoms. The second kappa shape index (κ2) is 7.10. The Hall–Kier alpha value is -3.75. The van der Waals surface area contributed by atoms with Crippen LogP contribution >= 0.6 is 0 Å². The van der Waals surface area contributed by atoms with E-state index in [-0.39, 0.29) is 17.5 Å². The van der Waals surface area contributed by atoms with Crippen molar-refractivity contribution in [1.82, 2.24) is 19.9 Å². The molecule has 0 aromatic carbocycles. The number of carbonyl (C=O) groups excluding carboxylic acids is 1. The van der Waals surface area contributed by atoms with Crippen LogP contribution in [0, 0.1) is 23.0 Å². The molecule has 0 bridgehead atoms. The zero-order chi connectivity index (χ0) is 19.7. The number of aryl methyl sites for hydroxylation is 1. The Morgan fingerprint density at radius 3 is 2.71 bits per heavy atom. The van der Waals surface area contributed by atoms with Gasteiger partial charge in [-0.3, -0.25) is 19.9 Å². The molecule has 28 heavy (non-hydrogen) atoms. The molecule has 1 amide bonds. The topological polar surface area (TPSA) is 124 Å². The molecular formula is C19H16N6O3. The number of rotatable bonds is 5. The van der Waals surface area contributed by atoms with Crippen LogP contribution in [0.15, 0.2) is 42.9 Å². The fraction of sp³-hybridized carbons (Fsp3) is 0.211. The van der Waals surface area contributed by atoms with Crippen molar-refractivity contribution in [2.75, 3.05) is 5.32 Å². The van der Waals surface area contributed by atoms with E-state index in [0.717, 1.165) is 18.4 Å². The Morgan fingerprint density at radius 1 is 1.18 bits per heavy atom. The van der Waals surface area contributed by atoms with Gasteiger partial charge in [0, 0.05) is 41.2 Å². The van der Waals surface area contributed by atoms with E-state index in [2.05, 4.69) is 25.3 Å². The van der Waals surface area contributed by atoms with E-state index in [9.17, 15) is 14.9 Å². The predicted molar refractivity (Wildman–Crippen MR) is 101 cm³/mol. The predicted octanol–water partition coefficient (Wildman–Crippen LogP) is 3.17. The van der Waals surface area contributed by atoms with Crippen LogP contribution in [-0.2, 0) is 4.79 Å². The highest BCUT2D eigenvalue weighted by Crippen LogP contribution is 2.30. The van der Waals surface area contributed by atoms with Gasteiger partial charge in [-0.25, -0.2) is 15.0 Å². The number of hydrogen-bond acceptors (Lipinski definition) is 7. The van der Waals surface area contributed by atoms with E-state index in [1.807, 2.05) is 0 Å². The third-order valence-corrected chi connectivity index (χ3v) is 4.43. The number of hydrogen-bond donors (Lipinski definition) is 1. The molecule has 1 N–H and O–H groups in total. The van der Waals surface area contributed by atoms with Crippen molar-refractivity contribution in [2.45, 2.75) is 19.8 Å². The lowest BCUT2D eigenvalue weighted by Crippen LogP contribution is -2.14. The minimum atomic E-state index is -0.502. The quantitative estimate of drug-likeness (QED) is 0.536. The van der Waals surface area contributed by atoms with E-state index in [0.29, 0.717) is 28.6 Å². The highest BCUT2D eigenvalue weighted by molar-refractivity contribution is 5.93. The largest absolute Gasteiger partial charge is 0.310 e. The first-order valence-electron chi connectivity index (χ1n) is 8.73. The van der Waals surface area contributed by atoms with Crippen molar-refractivity contribution in [1.29, 1.82) is 0 Å². The summed E-state index contributed by atoms with van der Waals surface area (Å²) in [5.41, 5.74) is 2.33. The molecule has 1 saturated carbocycles. The average Bonchev–Trinajstić information content (AvgIpc) is 3.54. The van der Waals surface area contributed by atoms with Crippen molar-refractivity contribution in [2.24, 2.45) is 5.92 Å². The highest BCUT2D eigenvalue weighted by Gasteiger charge is 2.29. The first kappa shape index (κ1) is 17.7. The molecule has 0 saturated heterocycles. The molecule has 140 valence electrons. The summed E-state index contributed by atoms with van der Waals surface area (Å²) in [4.78, 5) is 39.5. The summed E-state index contributed by atoms with van der Waals surface area (Å²) in [5, 5.41) is 13.9. The molecule has 4 rings (SSSR count). The van der Waals surface area contributed by atoms with Gasteiger partial charge in [0.05, 0.1) is 10.6 Å². The number of nitrogens with zero attached hydrogens (tertiary/aromatic N) is 5. The van der Waals surface area contributed by atoms with Crippen molar-refractivity contribution in [3.8, 4) is 22.6 Å². The Balaban J connectivity index is 1.67. The van der Waals surface area contributed by atoms with Crippen LogP contribution in [-0.4, -0.2) is 30.8 Å². The van der Waals surface area contributed by atoms with E-state index in [1.54, 1.807) is 37.5 Å². The number of nitro groups is 1. The lowest BCUT2D eigenvalue weighted by molar-refractivity contribution is -0.385. The van der Waals surface area contributed by atoms with Gasteiger partial charge in [0.25, 0.3) is 5.69 Å². The number of carbonyl (C=O) groups is 1. The first-order valence-corrected chi connectivity index (χ1v) is 8.73. The summed E-state index contributed by atoms with van der Waals surface area (Å²) in [6, 6.07) is 6.66. The van der Waals surface area contributed by atoms with Crippen LogP contribution in [0.4, 0.5) is 11.5 Å². The van der Waals surface area contributed by atoms with Crippen molar-refractivity contribution in [3.05, 3.63) is 58.7 Å². The van der Waals surface area contributed by atoms with E-state index in [4.69, 9.17) is 0 Å². The molecule has 1 aliphatic carbocycles. The number of pyridine rings is 2. The molecule has 0 aliphatic heterocycles. The molecule has 0 spiro atoms. The van der Waals surface area contributed by atoms with Gasteiger partial charge in [-0.05, 0) is 38.0 Å². The minimum absolute atomic E-state index is 0.0219. The molecule has 0 unspecified atom stereocenters. The van der Waals surface area contributed by atoms with Gasteiger partial charge in [0.1, 0.15) is 12.0 Å². The first-order chi connectivity index (χ1) is 13.5. The van der Waals surface area contributed by atoms with E-state index in [1.165, 1.54) is 12.3 Å². The van der Waals surface area contributed by atoms with Crippen molar-refractivity contribution >= 4 is 17.4 Å². The van der Waals surface area contributed by atoms with Gasteiger partial charge >= 0.3 is 0 Å². The van der Waals surface area contributed by atoms with E-state index >= 15 is 0 Å². The molecule has 0 radical (unpaired) electrons. The van der Waals surface area contributed by atoms with Gasteiger partial charge in [-0.2, -0.15) is 0 Å². The van der Waals surface area contributed by atoms with Crippen LogP contribution in [0.2, 0.25) is 0 Å². The summed E-state index contributed by atoms with van der Waals surface area (Å²) in [6.45, 7) is 1.74. The highest BCUT2D eigenvalue weighted by atomic mass is 16.6. The summed E-state index contributed by atoms with van der Waals surface area (Å²) >= 11 is 0. The van der Waals surface area contributed by atoms with Crippen LogP contribution in [0.25, 0.3) is 22.6 Å². The normalized spacial score (nSPS) is 13.2. The van der Waals surface area contributed by atoms with Gasteiger partial charge in [-0.1, -0.05) is 0 Å². The summed E-state index contributed by atoms with van der Waals surface area (Å²) < 4.78 is 0. The third-order valence-electron chi connectivity index (χ3n) is 4.43. The van der Waals surface area contributed by atoms with Crippen LogP contribution < -0.4 is 5.32 Å². The van der Waals surface area contributed by atoms with Crippen LogP contribution in [0.3, 0.4) is 0 Å². The zero-order valence-corrected chi connectivity index (χ0v) is 15.0. The second-order valence-electron chi connectivity index (χ2n) is 6.54. The zero-order valence-electron chi connectivity index (χ0n) is 15.0. The van der Waals surface area contributed by atoms with Crippen molar-refractivity contribution in [3.63, 3.8) is 0 Å². The molecule has 3 heterocycles. The summed E-state index contributed by atoms with van der Waals surface area (Å²) in [5.74, 6) is 0.862. The maximum Gasteiger partial charge on any atom is 0.288 e. The molecule has 3 aromatic rings. The Bertz CT molecular complexity index is 1080. The lowest BCUT2D eigenvalue weighted by Gasteiger charge is -2.08. The van der Waals surface area contributed by atoms with E-state index < -0.39 is 4.92 Å². The molecular weight excluding hydrogens is 360 g/mol. The Labute approximate surface area is 160 Å². The number of aromatic nitrogens is 4. The molecule has 1 aliphatic rings. The second-order valence-corrected chi connectivity index (χ2v) is 6.54. The van der Waals surface area contributed by atoms with Gasteiger partial charge in [0.15, 0.2) is 5.82 Å². The number of nitrogens with one attached hydrogen (secondary N) is 1. The maximum absolute atomic E-state index is 11.9. The van der Waals surface area contributed by atoms with Crippen molar-refractivity contribution < 1.29 is 9.72 Å². The standard InChI is InChI=1S/C19H16N6O3/c1-11-15(9-14(10-22-11)25(27)28)18-21-7-5-16(23-18)13-4-6-20-17(8-13)24-19(26)12-2-3-12/h4-10,12H,2-3H2,1H3,(H,20,24,26). The number of anilines is 1. The monoisotopic (exact) mass is 376 g/mol. The SMILES string of the molecule is Cc1ncc([N+](=O)[O-])cc1-c1nccc(-c2ccnc(NC(=O)C3CC3)c2)n1. The summed E-state index contributed by atoms with van der Waals surface area (Å²) in [6.07, 6.45) is 6.22.